The predicted octanol–water partition coefficient (Wildman–Crippen LogP) is 3.57. The summed E-state index contributed by atoms with van der Waals surface area (Å²) in [5.41, 5.74) is 0.394. The van der Waals surface area contributed by atoms with Crippen LogP contribution in [0.25, 0.3) is 0 Å². The average Bonchev–Trinajstić information content (AvgIpc) is 2.39. The maximum Gasteiger partial charge on any atom is 0.321 e. The van der Waals surface area contributed by atoms with Crippen LogP contribution in [0.4, 0.5) is 10.5 Å². The first kappa shape index (κ1) is 16.6. The lowest BCUT2D eigenvalue weighted by atomic mass is 10.2. The zero-order valence-electron chi connectivity index (χ0n) is 11.2. The lowest BCUT2D eigenvalue weighted by Gasteiger charge is -2.23. The van der Waals surface area contributed by atoms with E-state index in [9.17, 15) is 9.59 Å². The maximum atomic E-state index is 12.1. The molecule has 2 N–H and O–H groups in total. The van der Waals surface area contributed by atoms with E-state index in [2.05, 4.69) is 5.32 Å². The van der Waals surface area contributed by atoms with Gasteiger partial charge in [-0.05, 0) is 25.1 Å². The second-order valence-corrected chi connectivity index (χ2v) is 5.18. The van der Waals surface area contributed by atoms with Crippen LogP contribution in [0.5, 0.6) is 0 Å². The van der Waals surface area contributed by atoms with Crippen molar-refractivity contribution >= 4 is 40.9 Å². The molecule has 7 heteroatoms. The Labute approximate surface area is 127 Å². The molecule has 0 aliphatic heterocycles. The number of carbonyl (C=O) groups excluding carboxylic acids is 1. The highest BCUT2D eigenvalue weighted by atomic mass is 35.5. The number of halogens is 2. The number of carbonyl (C=O) groups is 2. The van der Waals surface area contributed by atoms with Gasteiger partial charge in [-0.15, -0.1) is 0 Å². The first-order valence-electron chi connectivity index (χ1n) is 6.09. The molecule has 5 nitrogen and oxygen atoms in total. The van der Waals surface area contributed by atoms with Crippen molar-refractivity contribution in [3.8, 4) is 0 Å². The Morgan fingerprint density at radius 3 is 2.60 bits per heavy atom. The number of nitrogens with one attached hydrogen (secondary N) is 1. The van der Waals surface area contributed by atoms with Gasteiger partial charge in [-0.3, -0.25) is 4.79 Å². The van der Waals surface area contributed by atoms with Gasteiger partial charge < -0.3 is 15.3 Å². The zero-order chi connectivity index (χ0) is 15.3. The van der Waals surface area contributed by atoms with Crippen molar-refractivity contribution in [3.63, 3.8) is 0 Å². The van der Waals surface area contributed by atoms with E-state index in [0.717, 1.165) is 0 Å². The first-order chi connectivity index (χ1) is 9.35. The number of urea groups is 1. The van der Waals surface area contributed by atoms with Gasteiger partial charge in [0.1, 0.15) is 0 Å². The van der Waals surface area contributed by atoms with Gasteiger partial charge in [0.2, 0.25) is 0 Å². The smallest absolute Gasteiger partial charge is 0.321 e. The van der Waals surface area contributed by atoms with Crippen molar-refractivity contribution in [2.45, 2.75) is 13.8 Å². The molecule has 0 aliphatic carbocycles. The summed E-state index contributed by atoms with van der Waals surface area (Å²) in [5.74, 6) is -1.59. The summed E-state index contributed by atoms with van der Waals surface area (Å²) in [7, 11) is 0. The minimum absolute atomic E-state index is 0.121. The molecule has 1 atom stereocenters. The number of benzene rings is 1. The SMILES string of the molecule is CCN(CC(C)C(=O)O)C(=O)Nc1cc(Cl)ccc1Cl. The molecule has 0 bridgehead atoms. The second kappa shape index (κ2) is 7.36. The van der Waals surface area contributed by atoms with Gasteiger partial charge in [-0.1, -0.05) is 30.1 Å². The molecular formula is C13H16Cl2N2O3. The lowest BCUT2D eigenvalue weighted by molar-refractivity contribution is -0.141. The molecule has 0 heterocycles. The summed E-state index contributed by atoms with van der Waals surface area (Å²) in [4.78, 5) is 24.3. The number of nitrogens with zero attached hydrogens (tertiary/aromatic N) is 1. The van der Waals surface area contributed by atoms with Crippen LogP contribution in [-0.4, -0.2) is 35.1 Å². The van der Waals surface area contributed by atoms with E-state index in [1.165, 1.54) is 11.0 Å². The highest BCUT2D eigenvalue weighted by Gasteiger charge is 2.19. The van der Waals surface area contributed by atoms with Crippen LogP contribution >= 0.6 is 23.2 Å². The Balaban J connectivity index is 2.77. The molecule has 0 saturated carbocycles. The van der Waals surface area contributed by atoms with Gasteiger partial charge in [-0.2, -0.15) is 0 Å². The van der Waals surface area contributed by atoms with Crippen LogP contribution in [0.1, 0.15) is 13.8 Å². The van der Waals surface area contributed by atoms with Crippen molar-refractivity contribution in [2.24, 2.45) is 5.92 Å². The van der Waals surface area contributed by atoms with E-state index in [-0.39, 0.29) is 6.54 Å². The minimum Gasteiger partial charge on any atom is -0.481 e. The van der Waals surface area contributed by atoms with Crippen molar-refractivity contribution in [1.29, 1.82) is 0 Å². The molecular weight excluding hydrogens is 303 g/mol. The number of amides is 2. The van der Waals surface area contributed by atoms with Crippen LogP contribution in [-0.2, 0) is 4.79 Å². The van der Waals surface area contributed by atoms with Crippen LogP contribution in [0.2, 0.25) is 10.0 Å². The van der Waals surface area contributed by atoms with Gasteiger partial charge in [0.05, 0.1) is 16.6 Å². The van der Waals surface area contributed by atoms with Gasteiger partial charge in [0.25, 0.3) is 0 Å². The van der Waals surface area contributed by atoms with Crippen molar-refractivity contribution in [3.05, 3.63) is 28.2 Å². The third kappa shape index (κ3) is 4.58. The molecule has 1 aromatic carbocycles. The summed E-state index contributed by atoms with van der Waals surface area (Å²) in [5, 5.41) is 12.3. The van der Waals surface area contributed by atoms with E-state index in [1.807, 2.05) is 0 Å². The van der Waals surface area contributed by atoms with E-state index < -0.39 is 17.9 Å². The molecule has 0 aromatic heterocycles. The Hall–Kier alpha value is -1.46. The maximum absolute atomic E-state index is 12.1. The van der Waals surface area contributed by atoms with Gasteiger partial charge in [0, 0.05) is 18.1 Å². The second-order valence-electron chi connectivity index (χ2n) is 4.33. The van der Waals surface area contributed by atoms with Crippen LogP contribution in [0.3, 0.4) is 0 Å². The van der Waals surface area contributed by atoms with E-state index in [1.54, 1.807) is 26.0 Å². The number of carboxylic acids is 1. The van der Waals surface area contributed by atoms with Gasteiger partial charge in [-0.25, -0.2) is 4.79 Å². The number of hydrogen-bond donors (Lipinski definition) is 2. The molecule has 0 radical (unpaired) electrons. The summed E-state index contributed by atoms with van der Waals surface area (Å²) >= 11 is 11.8. The highest BCUT2D eigenvalue weighted by molar-refractivity contribution is 6.35. The average molecular weight is 319 g/mol. The minimum atomic E-state index is -0.947. The Bertz CT molecular complexity index is 508. The molecule has 0 saturated heterocycles. The Morgan fingerprint density at radius 1 is 1.40 bits per heavy atom. The summed E-state index contributed by atoms with van der Waals surface area (Å²) in [6.45, 7) is 3.83. The van der Waals surface area contributed by atoms with E-state index in [0.29, 0.717) is 22.3 Å². The van der Waals surface area contributed by atoms with E-state index >= 15 is 0 Å². The molecule has 0 spiro atoms. The number of anilines is 1. The van der Waals surface area contributed by atoms with Crippen molar-refractivity contribution < 1.29 is 14.7 Å². The van der Waals surface area contributed by atoms with Gasteiger partial charge in [0.15, 0.2) is 0 Å². The van der Waals surface area contributed by atoms with Crippen LogP contribution < -0.4 is 5.32 Å². The first-order valence-corrected chi connectivity index (χ1v) is 6.84. The molecule has 1 aromatic rings. The third-order valence-electron chi connectivity index (χ3n) is 2.75. The molecule has 1 unspecified atom stereocenters. The quantitative estimate of drug-likeness (QED) is 0.872. The lowest BCUT2D eigenvalue weighted by Crippen LogP contribution is -2.39. The van der Waals surface area contributed by atoms with E-state index in [4.69, 9.17) is 28.3 Å². The fourth-order valence-electron chi connectivity index (χ4n) is 1.55. The monoisotopic (exact) mass is 318 g/mol. The Kier molecular flexibility index (Phi) is 6.10. The molecule has 0 fully saturated rings. The molecule has 1 rings (SSSR count). The molecule has 110 valence electrons. The zero-order valence-corrected chi connectivity index (χ0v) is 12.7. The van der Waals surface area contributed by atoms with Crippen molar-refractivity contribution in [2.75, 3.05) is 18.4 Å². The van der Waals surface area contributed by atoms with Crippen molar-refractivity contribution in [1.82, 2.24) is 4.90 Å². The molecule has 2 amide bonds. The number of hydrogen-bond acceptors (Lipinski definition) is 2. The number of aliphatic carboxylic acids is 1. The van der Waals surface area contributed by atoms with Gasteiger partial charge >= 0.3 is 12.0 Å². The predicted molar refractivity (Wildman–Crippen MR) is 79.5 cm³/mol. The fourth-order valence-corrected chi connectivity index (χ4v) is 1.89. The highest BCUT2D eigenvalue weighted by Crippen LogP contribution is 2.25. The topological polar surface area (TPSA) is 69.6 Å². The summed E-state index contributed by atoms with van der Waals surface area (Å²) in [6.07, 6.45) is 0. The third-order valence-corrected chi connectivity index (χ3v) is 3.32. The van der Waals surface area contributed by atoms with Crippen LogP contribution in [0, 0.1) is 5.92 Å². The standard InChI is InChI=1S/C13H16Cl2N2O3/c1-3-17(7-8(2)12(18)19)13(20)16-11-6-9(14)4-5-10(11)15/h4-6,8H,3,7H2,1-2H3,(H,16,20)(H,18,19). The Morgan fingerprint density at radius 2 is 2.05 bits per heavy atom. The fraction of sp³-hybridized carbons (Fsp3) is 0.385. The van der Waals surface area contributed by atoms with Crippen LogP contribution in [0.15, 0.2) is 18.2 Å². The largest absolute Gasteiger partial charge is 0.481 e. The number of rotatable bonds is 5. The summed E-state index contributed by atoms with van der Waals surface area (Å²) in [6, 6.07) is 4.32. The molecule has 0 aliphatic rings. The molecule has 20 heavy (non-hydrogen) atoms. The number of carboxylic acid groups (broad SMARTS) is 1. The normalized spacial score (nSPS) is 11.8. The summed E-state index contributed by atoms with van der Waals surface area (Å²) < 4.78 is 0.